The van der Waals surface area contributed by atoms with Gasteiger partial charge in [-0.05, 0) is 49.8 Å². The average Bonchev–Trinajstić information content (AvgIpc) is 2.67. The third-order valence-electron chi connectivity index (χ3n) is 5.82. The number of halogens is 1. The lowest BCUT2D eigenvalue weighted by molar-refractivity contribution is -0.137. The van der Waals surface area contributed by atoms with Crippen molar-refractivity contribution >= 4 is 34.2 Å². The second-order valence-corrected chi connectivity index (χ2v) is 8.06. The zero-order valence-corrected chi connectivity index (χ0v) is 16.0. The fourth-order valence-electron chi connectivity index (χ4n) is 4.09. The molecule has 0 N–H and O–H groups in total. The number of likely N-dealkylation sites (tertiary alicyclic amines) is 1. The van der Waals surface area contributed by atoms with E-state index in [0.717, 1.165) is 74.5 Å². The fourth-order valence-corrected chi connectivity index (χ4v) is 4.26. The lowest BCUT2D eigenvalue weighted by Gasteiger charge is -2.37. The fraction of sp³-hybridized carbons (Fsp3) is 0.550. The normalized spacial score (nSPS) is 19.9. The van der Waals surface area contributed by atoms with E-state index in [0.29, 0.717) is 10.9 Å². The first-order valence-electron chi connectivity index (χ1n) is 9.56. The van der Waals surface area contributed by atoms with Gasteiger partial charge in [-0.2, -0.15) is 0 Å². The minimum atomic E-state index is 0.155. The second-order valence-electron chi connectivity index (χ2n) is 7.63. The minimum Gasteiger partial charge on any atom is -0.356 e. The van der Waals surface area contributed by atoms with E-state index in [4.69, 9.17) is 11.6 Å². The molecule has 0 radical (unpaired) electrons. The predicted molar refractivity (Wildman–Crippen MR) is 104 cm³/mol. The van der Waals surface area contributed by atoms with Crippen molar-refractivity contribution in [2.75, 3.05) is 31.1 Å². The molecule has 0 bridgehead atoms. The molecule has 0 saturated carbocycles. The Kier molecular flexibility index (Phi) is 4.98. The third kappa shape index (κ3) is 3.50. The van der Waals surface area contributed by atoms with Crippen LogP contribution in [0.3, 0.4) is 0 Å². The van der Waals surface area contributed by atoms with Crippen molar-refractivity contribution in [1.82, 2.24) is 14.9 Å². The van der Waals surface area contributed by atoms with Gasteiger partial charge in [-0.25, -0.2) is 9.97 Å². The number of piperidine rings is 2. The minimum absolute atomic E-state index is 0.155. The zero-order chi connectivity index (χ0) is 18.1. The van der Waals surface area contributed by atoms with E-state index >= 15 is 0 Å². The molecule has 2 saturated heterocycles. The van der Waals surface area contributed by atoms with Gasteiger partial charge in [-0.15, -0.1) is 0 Å². The van der Waals surface area contributed by atoms with E-state index in [1.807, 2.05) is 18.2 Å². The monoisotopic (exact) mass is 372 g/mol. The maximum atomic E-state index is 12.8. The summed E-state index contributed by atoms with van der Waals surface area (Å²) in [5.41, 5.74) is 0.864. The van der Waals surface area contributed by atoms with Crippen LogP contribution in [-0.4, -0.2) is 47.0 Å². The molecule has 2 aromatic rings. The maximum Gasteiger partial charge on any atom is 0.225 e. The van der Waals surface area contributed by atoms with Gasteiger partial charge in [0.05, 0.1) is 5.52 Å². The van der Waals surface area contributed by atoms with Crippen molar-refractivity contribution in [3.8, 4) is 0 Å². The van der Waals surface area contributed by atoms with Crippen LogP contribution in [-0.2, 0) is 4.79 Å². The quantitative estimate of drug-likeness (QED) is 0.805. The molecule has 2 aliphatic heterocycles. The molecule has 0 atom stereocenters. The summed E-state index contributed by atoms with van der Waals surface area (Å²) in [4.78, 5) is 26.0. The number of nitrogens with zero attached hydrogens (tertiary/aromatic N) is 4. The summed E-state index contributed by atoms with van der Waals surface area (Å²) in [7, 11) is 0. The van der Waals surface area contributed by atoms with Crippen molar-refractivity contribution in [3.05, 3.63) is 29.5 Å². The second kappa shape index (κ2) is 7.39. The summed E-state index contributed by atoms with van der Waals surface area (Å²) >= 11 is 6.08. The van der Waals surface area contributed by atoms with Gasteiger partial charge in [-0.3, -0.25) is 4.79 Å². The van der Waals surface area contributed by atoms with Crippen LogP contribution in [0.15, 0.2) is 24.5 Å². The number of fused-ring (bicyclic) bond motifs is 1. The van der Waals surface area contributed by atoms with Crippen LogP contribution < -0.4 is 4.90 Å². The van der Waals surface area contributed by atoms with Gasteiger partial charge in [0.25, 0.3) is 0 Å². The lowest BCUT2D eigenvalue weighted by Crippen LogP contribution is -2.45. The Balaban J connectivity index is 1.43. The summed E-state index contributed by atoms with van der Waals surface area (Å²) in [6.45, 7) is 5.85. The Morgan fingerprint density at radius 2 is 1.81 bits per heavy atom. The van der Waals surface area contributed by atoms with Crippen LogP contribution in [0.5, 0.6) is 0 Å². The molecule has 5 nitrogen and oxygen atoms in total. The molecular formula is C20H25ClN4O. The molecule has 1 aromatic heterocycles. The first kappa shape index (κ1) is 17.5. The number of anilines is 1. The number of carbonyl (C=O) groups excluding carboxylic acids is 1. The number of carbonyl (C=O) groups is 1. The molecule has 1 amide bonds. The van der Waals surface area contributed by atoms with E-state index < -0.39 is 0 Å². The summed E-state index contributed by atoms with van der Waals surface area (Å²) < 4.78 is 0. The van der Waals surface area contributed by atoms with Crippen LogP contribution in [0.4, 0.5) is 5.82 Å². The van der Waals surface area contributed by atoms with E-state index in [1.165, 1.54) is 0 Å². The predicted octanol–water partition coefficient (Wildman–Crippen LogP) is 3.76. The standard InChI is InChI=1S/C20H25ClN4O/c1-14-4-8-25(9-5-14)20(26)15-6-10-24(11-7-15)19-17-3-2-16(21)12-18(17)22-13-23-19/h2-3,12-15H,4-11H2,1H3. The first-order valence-corrected chi connectivity index (χ1v) is 9.93. The highest BCUT2D eigenvalue weighted by molar-refractivity contribution is 6.31. The molecule has 138 valence electrons. The van der Waals surface area contributed by atoms with Gasteiger partial charge in [0.15, 0.2) is 0 Å². The number of hydrogen-bond donors (Lipinski definition) is 0. The van der Waals surface area contributed by atoms with Gasteiger partial charge < -0.3 is 9.80 Å². The molecule has 2 fully saturated rings. The van der Waals surface area contributed by atoms with Crippen molar-refractivity contribution in [2.45, 2.75) is 32.6 Å². The van der Waals surface area contributed by atoms with Gasteiger partial charge >= 0.3 is 0 Å². The highest BCUT2D eigenvalue weighted by Gasteiger charge is 2.30. The van der Waals surface area contributed by atoms with Crippen molar-refractivity contribution in [3.63, 3.8) is 0 Å². The highest BCUT2D eigenvalue weighted by Crippen LogP contribution is 2.30. The molecule has 26 heavy (non-hydrogen) atoms. The molecule has 6 heteroatoms. The smallest absolute Gasteiger partial charge is 0.225 e. The van der Waals surface area contributed by atoms with Crippen LogP contribution in [0, 0.1) is 11.8 Å². The van der Waals surface area contributed by atoms with E-state index in [-0.39, 0.29) is 5.92 Å². The Hall–Kier alpha value is -1.88. The van der Waals surface area contributed by atoms with Crippen LogP contribution in [0.25, 0.3) is 10.9 Å². The maximum absolute atomic E-state index is 12.8. The molecule has 4 rings (SSSR count). The Morgan fingerprint density at radius 1 is 1.08 bits per heavy atom. The SMILES string of the molecule is CC1CCN(C(=O)C2CCN(c3ncnc4cc(Cl)ccc34)CC2)CC1. The van der Waals surface area contributed by atoms with Crippen LogP contribution >= 0.6 is 11.6 Å². The van der Waals surface area contributed by atoms with Gasteiger partial charge in [0.1, 0.15) is 12.1 Å². The summed E-state index contributed by atoms with van der Waals surface area (Å²) in [5.74, 6) is 2.21. The molecule has 0 unspecified atom stereocenters. The molecule has 0 aliphatic carbocycles. The lowest BCUT2D eigenvalue weighted by atomic mass is 9.92. The van der Waals surface area contributed by atoms with Crippen molar-refractivity contribution < 1.29 is 4.79 Å². The number of hydrogen-bond acceptors (Lipinski definition) is 4. The van der Waals surface area contributed by atoms with Crippen LogP contribution in [0.2, 0.25) is 5.02 Å². The van der Waals surface area contributed by atoms with E-state index in [2.05, 4.69) is 26.7 Å². The van der Waals surface area contributed by atoms with Gasteiger partial charge in [-0.1, -0.05) is 18.5 Å². The summed E-state index contributed by atoms with van der Waals surface area (Å²) in [5, 5.41) is 1.70. The Bertz CT molecular complexity index is 795. The van der Waals surface area contributed by atoms with Gasteiger partial charge in [0.2, 0.25) is 5.91 Å². The largest absolute Gasteiger partial charge is 0.356 e. The van der Waals surface area contributed by atoms with E-state index in [1.54, 1.807) is 6.33 Å². The molecule has 1 aromatic carbocycles. The van der Waals surface area contributed by atoms with Gasteiger partial charge in [0, 0.05) is 42.5 Å². The summed E-state index contributed by atoms with van der Waals surface area (Å²) in [6.07, 6.45) is 5.66. The molecule has 0 spiro atoms. The van der Waals surface area contributed by atoms with Crippen molar-refractivity contribution in [1.29, 1.82) is 0 Å². The summed E-state index contributed by atoms with van der Waals surface area (Å²) in [6, 6.07) is 5.74. The first-order chi connectivity index (χ1) is 12.6. The number of aromatic nitrogens is 2. The zero-order valence-electron chi connectivity index (χ0n) is 15.2. The Labute approximate surface area is 159 Å². The topological polar surface area (TPSA) is 49.3 Å². The molecule has 2 aliphatic rings. The Morgan fingerprint density at radius 3 is 2.54 bits per heavy atom. The van der Waals surface area contributed by atoms with E-state index in [9.17, 15) is 4.79 Å². The highest BCUT2D eigenvalue weighted by atomic mass is 35.5. The number of benzene rings is 1. The average molecular weight is 373 g/mol. The third-order valence-corrected chi connectivity index (χ3v) is 6.05. The molecular weight excluding hydrogens is 348 g/mol. The van der Waals surface area contributed by atoms with Crippen LogP contribution in [0.1, 0.15) is 32.6 Å². The van der Waals surface area contributed by atoms with Crippen molar-refractivity contribution in [2.24, 2.45) is 11.8 Å². The number of rotatable bonds is 2. The number of amides is 1. The molecule has 3 heterocycles.